The maximum absolute atomic E-state index is 13.2. The Morgan fingerprint density at radius 3 is 2.55 bits per heavy atom. The average Bonchev–Trinajstić information content (AvgIpc) is 3.46. The molecule has 5 rings (SSSR count). The summed E-state index contributed by atoms with van der Waals surface area (Å²) in [6.45, 7) is 8.14. The van der Waals surface area contributed by atoms with E-state index in [-0.39, 0.29) is 11.5 Å². The monoisotopic (exact) mass is 422 g/mol. The molecule has 6 nitrogen and oxygen atoms in total. The molecule has 166 valence electrons. The van der Waals surface area contributed by atoms with E-state index in [1.54, 1.807) is 0 Å². The van der Waals surface area contributed by atoms with Crippen LogP contribution in [0.3, 0.4) is 0 Å². The lowest BCUT2D eigenvalue weighted by atomic mass is 9.86. The van der Waals surface area contributed by atoms with Crippen LogP contribution in [0, 0.1) is 5.92 Å². The van der Waals surface area contributed by atoms with E-state index >= 15 is 0 Å². The lowest BCUT2D eigenvalue weighted by Crippen LogP contribution is -2.50. The Bertz CT molecular complexity index is 873. The molecule has 3 fully saturated rings. The zero-order chi connectivity index (χ0) is 21.3. The number of ether oxygens (including phenoxy) is 1. The van der Waals surface area contributed by atoms with Gasteiger partial charge in [-0.2, -0.15) is 0 Å². The number of nitrogens with zero attached hydrogens (tertiary/aromatic N) is 4. The predicted molar refractivity (Wildman–Crippen MR) is 122 cm³/mol. The summed E-state index contributed by atoms with van der Waals surface area (Å²) >= 11 is 0. The summed E-state index contributed by atoms with van der Waals surface area (Å²) < 4.78 is 8.46. The number of likely N-dealkylation sites (tertiary alicyclic amines) is 1. The maximum atomic E-state index is 13.2. The van der Waals surface area contributed by atoms with Gasteiger partial charge in [-0.3, -0.25) is 4.79 Å². The van der Waals surface area contributed by atoms with E-state index in [1.807, 2.05) is 53.7 Å². The van der Waals surface area contributed by atoms with E-state index in [1.165, 1.54) is 0 Å². The standard InChI is InChI=1S/C25H34N4O2/c1-26-13-15-27(16-14-26)18-21-17-25(31-19-21)9-4-12-29(20-25)24(30)22-5-7-23(8-6-22)28-10-2-3-11-28/h2-3,5-8,10-11,21H,4,9,12-20H2,1H3/t21-,25+/m1/s1. The average molecular weight is 423 g/mol. The van der Waals surface area contributed by atoms with Crippen molar-refractivity contribution in [2.75, 3.05) is 59.5 Å². The molecule has 0 unspecified atom stereocenters. The molecular weight excluding hydrogens is 388 g/mol. The Labute approximate surface area is 185 Å². The largest absolute Gasteiger partial charge is 0.373 e. The third-order valence-corrected chi connectivity index (χ3v) is 7.24. The van der Waals surface area contributed by atoms with Crippen LogP contribution in [0.2, 0.25) is 0 Å². The highest BCUT2D eigenvalue weighted by Crippen LogP contribution is 2.38. The summed E-state index contributed by atoms with van der Waals surface area (Å²) in [5, 5.41) is 0. The third-order valence-electron chi connectivity index (χ3n) is 7.24. The summed E-state index contributed by atoms with van der Waals surface area (Å²) in [5.74, 6) is 0.712. The van der Waals surface area contributed by atoms with Crippen LogP contribution < -0.4 is 0 Å². The Balaban J connectivity index is 1.19. The second kappa shape index (κ2) is 8.77. The molecule has 3 aliphatic heterocycles. The van der Waals surface area contributed by atoms with Crippen LogP contribution in [0.15, 0.2) is 48.8 Å². The lowest BCUT2D eigenvalue weighted by Gasteiger charge is -2.40. The minimum Gasteiger partial charge on any atom is -0.373 e. The zero-order valence-electron chi connectivity index (χ0n) is 18.6. The number of likely N-dealkylation sites (N-methyl/N-ethyl adjacent to an activating group) is 1. The van der Waals surface area contributed by atoms with Crippen LogP contribution in [-0.2, 0) is 4.74 Å². The Kier molecular flexibility index (Phi) is 5.87. The van der Waals surface area contributed by atoms with Gasteiger partial charge in [0, 0.05) is 69.5 Å². The number of benzene rings is 1. The van der Waals surface area contributed by atoms with Crippen molar-refractivity contribution in [3.63, 3.8) is 0 Å². The number of piperazine rings is 1. The van der Waals surface area contributed by atoms with Crippen molar-refractivity contribution < 1.29 is 9.53 Å². The van der Waals surface area contributed by atoms with Gasteiger partial charge in [-0.1, -0.05) is 0 Å². The fourth-order valence-electron chi connectivity index (χ4n) is 5.47. The molecule has 3 aliphatic rings. The molecule has 1 aromatic carbocycles. The molecule has 1 spiro atoms. The number of hydrogen-bond donors (Lipinski definition) is 0. The van der Waals surface area contributed by atoms with Gasteiger partial charge < -0.3 is 24.0 Å². The highest BCUT2D eigenvalue weighted by Gasteiger charge is 2.44. The molecule has 3 saturated heterocycles. The molecule has 0 bridgehead atoms. The summed E-state index contributed by atoms with van der Waals surface area (Å²) in [6.07, 6.45) is 7.20. The van der Waals surface area contributed by atoms with Crippen molar-refractivity contribution in [2.24, 2.45) is 5.92 Å². The number of carbonyl (C=O) groups excluding carboxylic acids is 1. The Morgan fingerprint density at radius 2 is 1.81 bits per heavy atom. The molecule has 0 saturated carbocycles. The molecule has 1 amide bonds. The number of aromatic nitrogens is 1. The van der Waals surface area contributed by atoms with Gasteiger partial charge in [0.1, 0.15) is 0 Å². The number of rotatable bonds is 4. The number of amides is 1. The first-order valence-corrected chi connectivity index (χ1v) is 11.7. The van der Waals surface area contributed by atoms with Gasteiger partial charge >= 0.3 is 0 Å². The molecule has 0 radical (unpaired) electrons. The van der Waals surface area contributed by atoms with Crippen LogP contribution in [0.25, 0.3) is 5.69 Å². The van der Waals surface area contributed by atoms with Crippen LogP contribution >= 0.6 is 0 Å². The van der Waals surface area contributed by atoms with Crippen LogP contribution in [0.5, 0.6) is 0 Å². The minimum atomic E-state index is -0.143. The van der Waals surface area contributed by atoms with E-state index < -0.39 is 0 Å². The number of carbonyl (C=O) groups is 1. The second-order valence-electron chi connectivity index (χ2n) is 9.64. The van der Waals surface area contributed by atoms with Gasteiger partial charge in [-0.15, -0.1) is 0 Å². The normalized spacial score (nSPS) is 27.8. The lowest BCUT2D eigenvalue weighted by molar-refractivity contribution is -0.0450. The predicted octanol–water partition coefficient (Wildman–Crippen LogP) is 2.74. The van der Waals surface area contributed by atoms with E-state index in [4.69, 9.17) is 4.74 Å². The second-order valence-corrected chi connectivity index (χ2v) is 9.64. The van der Waals surface area contributed by atoms with Gasteiger partial charge in [0.15, 0.2) is 0 Å². The number of hydrogen-bond acceptors (Lipinski definition) is 4. The van der Waals surface area contributed by atoms with E-state index in [9.17, 15) is 4.79 Å². The maximum Gasteiger partial charge on any atom is 0.253 e. The quantitative estimate of drug-likeness (QED) is 0.760. The van der Waals surface area contributed by atoms with Gasteiger partial charge in [0.25, 0.3) is 5.91 Å². The molecule has 0 N–H and O–H groups in total. The highest BCUT2D eigenvalue weighted by molar-refractivity contribution is 5.94. The SMILES string of the molecule is CN1CCN(C[C@@H]2CO[C@@]3(CCCN(C(=O)c4ccc(-n5cccc5)cc4)C3)C2)CC1. The van der Waals surface area contributed by atoms with E-state index in [0.29, 0.717) is 5.92 Å². The van der Waals surface area contributed by atoms with Gasteiger partial charge in [-0.05, 0) is 68.6 Å². The molecule has 6 heteroatoms. The summed E-state index contributed by atoms with van der Waals surface area (Å²) in [7, 11) is 2.20. The van der Waals surface area contributed by atoms with Gasteiger partial charge in [0.2, 0.25) is 0 Å². The molecule has 1 aromatic heterocycles. The van der Waals surface area contributed by atoms with Crippen LogP contribution in [0.4, 0.5) is 0 Å². The van der Waals surface area contributed by atoms with Gasteiger partial charge in [0.05, 0.1) is 12.2 Å². The Morgan fingerprint density at radius 1 is 1.06 bits per heavy atom. The molecule has 31 heavy (non-hydrogen) atoms. The first-order valence-electron chi connectivity index (χ1n) is 11.7. The zero-order valence-corrected chi connectivity index (χ0v) is 18.6. The molecule has 0 aliphatic carbocycles. The first-order chi connectivity index (χ1) is 15.1. The molecule has 2 atom stereocenters. The van der Waals surface area contributed by atoms with Crippen molar-refractivity contribution in [1.29, 1.82) is 0 Å². The van der Waals surface area contributed by atoms with Crippen LogP contribution in [-0.4, -0.2) is 90.2 Å². The molecule has 2 aromatic rings. The molecular formula is C25H34N4O2. The molecule has 4 heterocycles. The first kappa shape index (κ1) is 20.7. The summed E-state index contributed by atoms with van der Waals surface area (Å²) in [5.41, 5.74) is 1.69. The van der Waals surface area contributed by atoms with Crippen LogP contribution in [0.1, 0.15) is 29.6 Å². The van der Waals surface area contributed by atoms with Crippen molar-refractivity contribution in [3.8, 4) is 5.69 Å². The third kappa shape index (κ3) is 4.56. The smallest absolute Gasteiger partial charge is 0.253 e. The Hall–Kier alpha value is -2.15. The fourth-order valence-corrected chi connectivity index (χ4v) is 5.47. The van der Waals surface area contributed by atoms with E-state index in [0.717, 1.165) is 82.9 Å². The van der Waals surface area contributed by atoms with Crippen molar-refractivity contribution in [3.05, 3.63) is 54.4 Å². The summed E-state index contributed by atoms with van der Waals surface area (Å²) in [4.78, 5) is 20.2. The minimum absolute atomic E-state index is 0.129. The summed E-state index contributed by atoms with van der Waals surface area (Å²) in [6, 6.07) is 11.9. The van der Waals surface area contributed by atoms with Gasteiger partial charge in [-0.25, -0.2) is 0 Å². The van der Waals surface area contributed by atoms with Crippen molar-refractivity contribution in [1.82, 2.24) is 19.3 Å². The van der Waals surface area contributed by atoms with Crippen molar-refractivity contribution in [2.45, 2.75) is 24.9 Å². The topological polar surface area (TPSA) is 41.0 Å². The highest BCUT2D eigenvalue weighted by atomic mass is 16.5. The van der Waals surface area contributed by atoms with E-state index in [2.05, 4.69) is 21.4 Å². The van der Waals surface area contributed by atoms with Crippen molar-refractivity contribution >= 4 is 5.91 Å². The number of piperidine rings is 1. The fraction of sp³-hybridized carbons (Fsp3) is 0.560.